The summed E-state index contributed by atoms with van der Waals surface area (Å²) >= 11 is 0. The zero-order valence-electron chi connectivity index (χ0n) is 12.4. The molecule has 0 amide bonds. The molecule has 2 aromatic carbocycles. The van der Waals surface area contributed by atoms with E-state index in [-0.39, 0.29) is 0 Å². The predicted octanol–water partition coefficient (Wildman–Crippen LogP) is 3.22. The Morgan fingerprint density at radius 2 is 1.75 bits per heavy atom. The fourth-order valence-corrected chi connectivity index (χ4v) is 2.27. The van der Waals surface area contributed by atoms with Crippen molar-refractivity contribution in [3.8, 4) is 5.75 Å². The van der Waals surface area contributed by atoms with Gasteiger partial charge in [0.1, 0.15) is 5.75 Å². The maximum Gasteiger partial charge on any atom is 0.120 e. The van der Waals surface area contributed by atoms with Crippen LogP contribution in [0.1, 0.15) is 16.7 Å². The topological polar surface area (TPSA) is 38.5 Å². The molecule has 0 aliphatic heterocycles. The lowest BCUT2D eigenvalue weighted by atomic mass is 10.1. The minimum atomic E-state index is 0.779. The van der Waals surface area contributed by atoms with Crippen LogP contribution in [-0.4, -0.2) is 19.1 Å². The van der Waals surface area contributed by atoms with Gasteiger partial charge in [-0.25, -0.2) is 0 Å². The quantitative estimate of drug-likeness (QED) is 0.848. The van der Waals surface area contributed by atoms with Crippen LogP contribution in [0.5, 0.6) is 5.75 Å². The number of hydrogen-bond donors (Lipinski definition) is 1. The molecule has 3 heteroatoms. The maximum absolute atomic E-state index is 6.06. The van der Waals surface area contributed by atoms with Crippen molar-refractivity contribution < 1.29 is 4.74 Å². The van der Waals surface area contributed by atoms with Crippen LogP contribution in [0.3, 0.4) is 0 Å². The van der Waals surface area contributed by atoms with Crippen molar-refractivity contribution in [1.29, 1.82) is 0 Å². The van der Waals surface area contributed by atoms with Gasteiger partial charge in [0.05, 0.1) is 7.11 Å². The highest BCUT2D eigenvalue weighted by Gasteiger charge is 2.07. The molecule has 2 N–H and O–H groups in total. The van der Waals surface area contributed by atoms with Gasteiger partial charge in [-0.3, -0.25) is 4.90 Å². The van der Waals surface area contributed by atoms with E-state index >= 15 is 0 Å². The van der Waals surface area contributed by atoms with Crippen LogP contribution in [0.4, 0.5) is 5.69 Å². The van der Waals surface area contributed by atoms with Gasteiger partial charge < -0.3 is 10.5 Å². The van der Waals surface area contributed by atoms with E-state index in [1.54, 1.807) is 7.11 Å². The summed E-state index contributed by atoms with van der Waals surface area (Å²) in [6.07, 6.45) is 0. The fraction of sp³-hybridized carbons (Fsp3) is 0.294. The van der Waals surface area contributed by atoms with E-state index in [4.69, 9.17) is 10.5 Å². The van der Waals surface area contributed by atoms with E-state index in [0.717, 1.165) is 30.1 Å². The third-order valence-corrected chi connectivity index (χ3v) is 3.49. The highest BCUT2D eigenvalue weighted by Crippen LogP contribution is 2.21. The van der Waals surface area contributed by atoms with Gasteiger partial charge in [0, 0.05) is 24.8 Å². The summed E-state index contributed by atoms with van der Waals surface area (Å²) < 4.78 is 5.17. The molecule has 0 saturated heterocycles. The summed E-state index contributed by atoms with van der Waals surface area (Å²) in [6, 6.07) is 14.3. The lowest BCUT2D eigenvalue weighted by molar-refractivity contribution is 0.318. The Kier molecular flexibility index (Phi) is 4.64. The van der Waals surface area contributed by atoms with Crippen LogP contribution in [0.15, 0.2) is 42.5 Å². The molecular weight excluding hydrogens is 248 g/mol. The number of benzene rings is 2. The normalized spacial score (nSPS) is 10.8. The molecule has 0 atom stereocenters. The number of nitrogens with zero attached hydrogens (tertiary/aromatic N) is 1. The molecule has 2 aromatic rings. The van der Waals surface area contributed by atoms with Crippen molar-refractivity contribution in [2.45, 2.75) is 20.0 Å². The zero-order chi connectivity index (χ0) is 14.5. The number of hydrogen-bond acceptors (Lipinski definition) is 3. The van der Waals surface area contributed by atoms with E-state index in [9.17, 15) is 0 Å². The van der Waals surface area contributed by atoms with Crippen LogP contribution < -0.4 is 10.5 Å². The second kappa shape index (κ2) is 6.44. The molecule has 20 heavy (non-hydrogen) atoms. The van der Waals surface area contributed by atoms with Gasteiger partial charge in [0.15, 0.2) is 0 Å². The van der Waals surface area contributed by atoms with Crippen LogP contribution >= 0.6 is 0 Å². The van der Waals surface area contributed by atoms with Crippen molar-refractivity contribution in [2.75, 3.05) is 19.9 Å². The molecule has 0 fully saturated rings. The molecule has 0 aliphatic carbocycles. The molecule has 0 unspecified atom stereocenters. The van der Waals surface area contributed by atoms with Gasteiger partial charge in [-0.15, -0.1) is 0 Å². The van der Waals surface area contributed by atoms with E-state index in [2.05, 4.69) is 43.1 Å². The number of methoxy groups -OCH3 is 1. The Balaban J connectivity index is 2.05. The van der Waals surface area contributed by atoms with Gasteiger partial charge in [-0.1, -0.05) is 30.3 Å². The second-order valence-corrected chi connectivity index (χ2v) is 5.16. The molecule has 0 aromatic heterocycles. The zero-order valence-corrected chi connectivity index (χ0v) is 12.4. The first kappa shape index (κ1) is 14.4. The maximum atomic E-state index is 6.06. The average Bonchev–Trinajstić information content (AvgIpc) is 2.43. The summed E-state index contributed by atoms with van der Waals surface area (Å²) in [4.78, 5) is 2.26. The average molecular weight is 270 g/mol. The summed E-state index contributed by atoms with van der Waals surface area (Å²) in [7, 11) is 3.76. The molecule has 0 saturated carbocycles. The summed E-state index contributed by atoms with van der Waals surface area (Å²) in [6.45, 7) is 3.88. The fourth-order valence-electron chi connectivity index (χ4n) is 2.27. The Morgan fingerprint density at radius 1 is 1.05 bits per heavy atom. The summed E-state index contributed by atoms with van der Waals surface area (Å²) in [5, 5.41) is 0. The predicted molar refractivity (Wildman–Crippen MR) is 83.8 cm³/mol. The molecule has 106 valence electrons. The molecule has 0 bridgehead atoms. The van der Waals surface area contributed by atoms with Crippen LogP contribution in [0, 0.1) is 6.92 Å². The Bertz CT molecular complexity index is 581. The SMILES string of the molecule is COc1ccc(CN(C)Cc2ccccc2C)c(N)c1. The highest BCUT2D eigenvalue weighted by atomic mass is 16.5. The lowest BCUT2D eigenvalue weighted by Crippen LogP contribution is -2.18. The number of ether oxygens (including phenoxy) is 1. The third kappa shape index (κ3) is 3.52. The Hall–Kier alpha value is -2.00. The van der Waals surface area contributed by atoms with Crippen LogP contribution in [0.2, 0.25) is 0 Å². The van der Waals surface area contributed by atoms with Gasteiger partial charge in [0.25, 0.3) is 0 Å². The lowest BCUT2D eigenvalue weighted by Gasteiger charge is -2.19. The number of anilines is 1. The third-order valence-electron chi connectivity index (χ3n) is 3.49. The summed E-state index contributed by atoms with van der Waals surface area (Å²) in [5.74, 6) is 0.799. The highest BCUT2D eigenvalue weighted by molar-refractivity contribution is 5.51. The molecule has 2 rings (SSSR count). The van der Waals surface area contributed by atoms with E-state index in [1.165, 1.54) is 11.1 Å². The molecule has 0 aliphatic rings. The molecule has 0 spiro atoms. The van der Waals surface area contributed by atoms with E-state index in [0.29, 0.717) is 0 Å². The van der Waals surface area contributed by atoms with Crippen molar-refractivity contribution in [3.05, 3.63) is 59.2 Å². The Morgan fingerprint density at radius 3 is 2.40 bits per heavy atom. The summed E-state index contributed by atoms with van der Waals surface area (Å²) in [5.41, 5.74) is 10.6. The minimum absolute atomic E-state index is 0.779. The smallest absolute Gasteiger partial charge is 0.120 e. The molecule has 3 nitrogen and oxygen atoms in total. The number of nitrogen functional groups attached to an aromatic ring is 1. The molecule has 0 radical (unpaired) electrons. The van der Waals surface area contributed by atoms with Crippen LogP contribution in [-0.2, 0) is 13.1 Å². The number of rotatable bonds is 5. The van der Waals surface area contributed by atoms with Crippen molar-refractivity contribution in [3.63, 3.8) is 0 Å². The van der Waals surface area contributed by atoms with Crippen molar-refractivity contribution in [1.82, 2.24) is 4.90 Å². The van der Waals surface area contributed by atoms with Crippen molar-refractivity contribution in [2.24, 2.45) is 0 Å². The first-order chi connectivity index (χ1) is 9.60. The van der Waals surface area contributed by atoms with Gasteiger partial charge in [-0.2, -0.15) is 0 Å². The van der Waals surface area contributed by atoms with Gasteiger partial charge in [-0.05, 0) is 36.7 Å². The van der Waals surface area contributed by atoms with Crippen LogP contribution in [0.25, 0.3) is 0 Å². The van der Waals surface area contributed by atoms with E-state index in [1.807, 2.05) is 18.2 Å². The Labute approximate surface area is 121 Å². The first-order valence-corrected chi connectivity index (χ1v) is 6.75. The largest absolute Gasteiger partial charge is 0.497 e. The standard InChI is InChI=1S/C17H22N2O/c1-13-6-4-5-7-14(13)11-19(2)12-15-8-9-16(20-3)10-17(15)18/h4-10H,11-12,18H2,1-3H3. The second-order valence-electron chi connectivity index (χ2n) is 5.16. The van der Waals surface area contributed by atoms with E-state index < -0.39 is 0 Å². The molecule has 0 heterocycles. The first-order valence-electron chi connectivity index (χ1n) is 6.75. The minimum Gasteiger partial charge on any atom is -0.497 e. The van der Waals surface area contributed by atoms with Gasteiger partial charge in [0.2, 0.25) is 0 Å². The van der Waals surface area contributed by atoms with Crippen molar-refractivity contribution >= 4 is 5.69 Å². The number of aryl methyl sites for hydroxylation is 1. The molecular formula is C17H22N2O. The monoisotopic (exact) mass is 270 g/mol. The number of nitrogens with two attached hydrogens (primary N) is 1. The van der Waals surface area contributed by atoms with Gasteiger partial charge >= 0.3 is 0 Å².